The summed E-state index contributed by atoms with van der Waals surface area (Å²) < 4.78 is 9.03. The lowest BCUT2D eigenvalue weighted by Crippen LogP contribution is -2.33. The van der Waals surface area contributed by atoms with Crippen molar-refractivity contribution in [2.45, 2.75) is 0 Å². The summed E-state index contributed by atoms with van der Waals surface area (Å²) in [5.41, 5.74) is 0. The van der Waals surface area contributed by atoms with E-state index in [1.165, 1.54) is 20.2 Å². The van der Waals surface area contributed by atoms with Crippen LogP contribution in [-0.4, -0.2) is 44.3 Å². The highest BCUT2D eigenvalue weighted by molar-refractivity contribution is 5.77. The first-order valence-corrected chi connectivity index (χ1v) is 3.67. The Balaban J connectivity index is 3.81. The molecule has 0 spiro atoms. The summed E-state index contributed by atoms with van der Waals surface area (Å²) in [6.07, 6.45) is 0.870. The van der Waals surface area contributed by atoms with E-state index in [2.05, 4.69) is 16.1 Å². The molecule has 0 saturated heterocycles. The van der Waals surface area contributed by atoms with Crippen LogP contribution < -0.4 is 0 Å². The van der Waals surface area contributed by atoms with Gasteiger partial charge in [-0.1, -0.05) is 12.7 Å². The summed E-state index contributed by atoms with van der Waals surface area (Å²) in [5.74, 6) is -0.488. The molecule has 0 unspecified atom stereocenters. The summed E-state index contributed by atoms with van der Waals surface area (Å²) in [5, 5.41) is 0. The largest absolute Gasteiger partial charge is 0.468 e. The molecule has 0 aromatic heterocycles. The maximum absolute atomic E-state index is 11.0. The topological polar surface area (TPSA) is 55.8 Å². The smallest absolute Gasteiger partial charge is 0.410 e. The molecule has 0 aliphatic heterocycles. The Kier molecular flexibility index (Phi) is 5.34. The predicted molar refractivity (Wildman–Crippen MR) is 46.2 cm³/mol. The number of ether oxygens (including phenoxy) is 2. The normalized spacial score (nSPS) is 8.77. The summed E-state index contributed by atoms with van der Waals surface area (Å²) in [6.45, 7) is 3.39. The molecule has 1 amide bonds. The maximum Gasteiger partial charge on any atom is 0.410 e. The van der Waals surface area contributed by atoms with Gasteiger partial charge in [-0.15, -0.1) is 0 Å². The third-order valence-electron chi connectivity index (χ3n) is 1.23. The molecular weight excluding hydrogens is 174 g/mol. The number of carbonyl (C=O) groups is 2. The van der Waals surface area contributed by atoms with Gasteiger partial charge in [-0.25, -0.2) is 4.79 Å². The van der Waals surface area contributed by atoms with Crippen molar-refractivity contribution in [3.63, 3.8) is 0 Å². The van der Waals surface area contributed by atoms with Crippen molar-refractivity contribution >= 4 is 12.1 Å². The molecule has 0 aliphatic carbocycles. The van der Waals surface area contributed by atoms with E-state index in [0.717, 1.165) is 4.90 Å². The standard InChI is InChI=1S/C8H13NO4/c1-4-5-13-8(11)9(2)6-7(10)12-3/h4H,1,5-6H2,2-3H3. The Morgan fingerprint density at radius 1 is 1.54 bits per heavy atom. The number of hydrogen-bond acceptors (Lipinski definition) is 4. The third-order valence-corrected chi connectivity index (χ3v) is 1.23. The number of hydrogen-bond donors (Lipinski definition) is 0. The van der Waals surface area contributed by atoms with E-state index in [-0.39, 0.29) is 13.2 Å². The van der Waals surface area contributed by atoms with E-state index in [4.69, 9.17) is 0 Å². The molecule has 5 heteroatoms. The Labute approximate surface area is 76.9 Å². The molecule has 0 bridgehead atoms. The van der Waals surface area contributed by atoms with E-state index in [9.17, 15) is 9.59 Å². The van der Waals surface area contributed by atoms with Gasteiger partial charge in [0, 0.05) is 7.05 Å². The molecule has 0 aliphatic rings. The Hall–Kier alpha value is -1.52. The van der Waals surface area contributed by atoms with Crippen molar-refractivity contribution < 1.29 is 19.1 Å². The third kappa shape index (κ3) is 4.84. The first kappa shape index (κ1) is 11.5. The summed E-state index contributed by atoms with van der Waals surface area (Å²) in [6, 6.07) is 0. The van der Waals surface area contributed by atoms with Gasteiger partial charge in [0.2, 0.25) is 0 Å². The first-order valence-electron chi connectivity index (χ1n) is 3.67. The van der Waals surface area contributed by atoms with E-state index >= 15 is 0 Å². The molecule has 0 heterocycles. The van der Waals surface area contributed by atoms with Crippen molar-refractivity contribution in [2.24, 2.45) is 0 Å². The SMILES string of the molecule is C=CCOC(=O)N(C)CC(=O)OC. The number of carbonyl (C=O) groups excluding carboxylic acids is 2. The van der Waals surface area contributed by atoms with Crippen LogP contribution in [0.15, 0.2) is 12.7 Å². The molecule has 13 heavy (non-hydrogen) atoms. The van der Waals surface area contributed by atoms with Gasteiger partial charge in [-0.05, 0) is 0 Å². The van der Waals surface area contributed by atoms with Crippen LogP contribution in [0.2, 0.25) is 0 Å². The minimum absolute atomic E-state index is 0.119. The first-order chi connectivity index (χ1) is 6.11. The zero-order chi connectivity index (χ0) is 10.3. The van der Waals surface area contributed by atoms with Crippen LogP contribution in [0.25, 0.3) is 0 Å². The Morgan fingerprint density at radius 2 is 2.15 bits per heavy atom. The molecule has 0 atom stereocenters. The lowest BCUT2D eigenvalue weighted by atomic mass is 10.6. The number of methoxy groups -OCH3 is 1. The summed E-state index contributed by atoms with van der Waals surface area (Å²) >= 11 is 0. The van der Waals surface area contributed by atoms with E-state index in [0.29, 0.717) is 0 Å². The van der Waals surface area contributed by atoms with Crippen LogP contribution in [0.4, 0.5) is 4.79 Å². The van der Waals surface area contributed by atoms with Gasteiger partial charge < -0.3 is 14.4 Å². The lowest BCUT2D eigenvalue weighted by molar-refractivity contribution is -0.141. The van der Waals surface area contributed by atoms with Gasteiger partial charge in [-0.2, -0.15) is 0 Å². The zero-order valence-corrected chi connectivity index (χ0v) is 7.78. The van der Waals surface area contributed by atoms with Crippen LogP contribution >= 0.6 is 0 Å². The fourth-order valence-corrected chi connectivity index (χ4v) is 0.563. The van der Waals surface area contributed by atoms with Crippen LogP contribution in [0.1, 0.15) is 0 Å². The maximum atomic E-state index is 11.0. The highest BCUT2D eigenvalue weighted by atomic mass is 16.6. The van der Waals surface area contributed by atoms with Crippen molar-refractivity contribution in [3.8, 4) is 0 Å². The molecule has 74 valence electrons. The molecule has 5 nitrogen and oxygen atoms in total. The minimum Gasteiger partial charge on any atom is -0.468 e. The molecule has 0 radical (unpaired) electrons. The average Bonchev–Trinajstić information content (AvgIpc) is 2.13. The highest BCUT2D eigenvalue weighted by Gasteiger charge is 2.13. The molecule has 0 saturated carbocycles. The fraction of sp³-hybridized carbons (Fsp3) is 0.500. The quantitative estimate of drug-likeness (QED) is 0.472. The van der Waals surface area contributed by atoms with Gasteiger partial charge in [0.15, 0.2) is 0 Å². The molecular formula is C8H13NO4. The summed E-state index contributed by atoms with van der Waals surface area (Å²) in [7, 11) is 2.70. The van der Waals surface area contributed by atoms with E-state index in [1.807, 2.05) is 0 Å². The minimum atomic E-state index is -0.578. The number of amides is 1. The average molecular weight is 187 g/mol. The van der Waals surface area contributed by atoms with Gasteiger partial charge in [0.05, 0.1) is 7.11 Å². The number of esters is 1. The molecule has 0 aromatic carbocycles. The number of rotatable bonds is 4. The predicted octanol–water partition coefficient (Wildman–Crippen LogP) is 0.414. The zero-order valence-electron chi connectivity index (χ0n) is 7.78. The summed E-state index contributed by atoms with van der Waals surface area (Å²) in [4.78, 5) is 22.8. The molecule has 0 fully saturated rings. The van der Waals surface area contributed by atoms with Gasteiger partial charge in [-0.3, -0.25) is 4.79 Å². The van der Waals surface area contributed by atoms with Crippen molar-refractivity contribution in [2.75, 3.05) is 27.3 Å². The fourth-order valence-electron chi connectivity index (χ4n) is 0.563. The molecule has 0 N–H and O–H groups in total. The van der Waals surface area contributed by atoms with E-state index in [1.54, 1.807) is 0 Å². The lowest BCUT2D eigenvalue weighted by Gasteiger charge is -2.14. The molecule has 0 aromatic rings. The number of nitrogens with zero attached hydrogens (tertiary/aromatic N) is 1. The van der Waals surface area contributed by atoms with Crippen molar-refractivity contribution in [1.29, 1.82) is 0 Å². The van der Waals surface area contributed by atoms with E-state index < -0.39 is 12.1 Å². The Bertz CT molecular complexity index is 202. The van der Waals surface area contributed by atoms with Crippen molar-refractivity contribution in [1.82, 2.24) is 4.90 Å². The number of likely N-dealkylation sites (N-methyl/N-ethyl adjacent to an activating group) is 1. The van der Waals surface area contributed by atoms with Crippen molar-refractivity contribution in [3.05, 3.63) is 12.7 Å². The van der Waals surface area contributed by atoms with Crippen LogP contribution in [-0.2, 0) is 14.3 Å². The van der Waals surface area contributed by atoms with Crippen LogP contribution in [0, 0.1) is 0 Å². The second kappa shape index (κ2) is 6.05. The highest BCUT2D eigenvalue weighted by Crippen LogP contribution is 1.90. The van der Waals surface area contributed by atoms with Crippen LogP contribution in [0.5, 0.6) is 0 Å². The van der Waals surface area contributed by atoms with Gasteiger partial charge in [0.1, 0.15) is 13.2 Å². The monoisotopic (exact) mass is 187 g/mol. The second-order valence-corrected chi connectivity index (χ2v) is 2.30. The van der Waals surface area contributed by atoms with Gasteiger partial charge >= 0.3 is 12.1 Å². The van der Waals surface area contributed by atoms with Gasteiger partial charge in [0.25, 0.3) is 0 Å². The Morgan fingerprint density at radius 3 is 2.62 bits per heavy atom. The van der Waals surface area contributed by atoms with Crippen LogP contribution in [0.3, 0.4) is 0 Å². The second-order valence-electron chi connectivity index (χ2n) is 2.30. The molecule has 0 rings (SSSR count).